The first-order valence-corrected chi connectivity index (χ1v) is 12.0. The van der Waals surface area contributed by atoms with Crippen LogP contribution in [0.1, 0.15) is 42.1 Å². The number of para-hydroxylation sites is 1. The van der Waals surface area contributed by atoms with E-state index in [4.69, 9.17) is 21.3 Å². The van der Waals surface area contributed by atoms with Gasteiger partial charge in [0, 0.05) is 18.7 Å². The minimum atomic E-state index is -0.644. The van der Waals surface area contributed by atoms with Crippen molar-refractivity contribution in [3.05, 3.63) is 72.8 Å². The van der Waals surface area contributed by atoms with Crippen LogP contribution in [0.25, 0.3) is 11.3 Å². The van der Waals surface area contributed by atoms with E-state index in [9.17, 15) is 9.59 Å². The molecule has 11 heteroatoms. The number of nitrogen functional groups attached to an aromatic ring is 1. The van der Waals surface area contributed by atoms with E-state index in [1.54, 1.807) is 16.6 Å². The lowest BCUT2D eigenvalue weighted by atomic mass is 9.90. The third-order valence-electron chi connectivity index (χ3n) is 6.73. The highest BCUT2D eigenvalue weighted by atomic mass is 16.5. The average Bonchev–Trinajstić information content (AvgIpc) is 3.57. The number of hydrogen-bond donors (Lipinski definition) is 2. The van der Waals surface area contributed by atoms with Gasteiger partial charge in [0.25, 0.3) is 5.91 Å². The molecule has 2 heterocycles. The standard InChI is InChI=1S/C26H28N8O3/c1-32(26(36)33-16-29-15-30-33)18-6-5-7-19(14-18)34-24(27)22(25(28)35)23(31-34)17-10-12-21(13-11-17)37-20-8-3-2-4-9-20/h2-4,8-13,15-16,18-19H,5-7,14,27H2,1H3,(H2,28,35)/t18-,19+/m1/s1. The third-order valence-corrected chi connectivity index (χ3v) is 6.73. The zero-order chi connectivity index (χ0) is 25.9. The Morgan fingerprint density at radius 2 is 1.78 bits per heavy atom. The van der Waals surface area contributed by atoms with Crippen molar-refractivity contribution in [1.82, 2.24) is 29.4 Å². The summed E-state index contributed by atoms with van der Waals surface area (Å²) in [5.41, 5.74) is 13.5. The first-order valence-electron chi connectivity index (χ1n) is 12.0. The van der Waals surface area contributed by atoms with E-state index in [1.165, 1.54) is 17.3 Å². The lowest BCUT2D eigenvalue weighted by Crippen LogP contribution is -2.43. The summed E-state index contributed by atoms with van der Waals surface area (Å²) in [5.74, 6) is 0.955. The van der Waals surface area contributed by atoms with E-state index in [-0.39, 0.29) is 29.5 Å². The molecule has 5 rings (SSSR count). The van der Waals surface area contributed by atoms with E-state index < -0.39 is 5.91 Å². The minimum absolute atomic E-state index is 0.0473. The fraction of sp³-hybridized carbons (Fsp3) is 0.269. The maximum absolute atomic E-state index is 12.8. The zero-order valence-corrected chi connectivity index (χ0v) is 20.4. The Labute approximate surface area is 213 Å². The number of hydrogen-bond acceptors (Lipinski definition) is 7. The van der Waals surface area contributed by atoms with Crippen molar-refractivity contribution in [1.29, 1.82) is 0 Å². The maximum Gasteiger partial charge on any atom is 0.346 e. The summed E-state index contributed by atoms with van der Waals surface area (Å²) in [6, 6.07) is 16.3. The molecule has 1 saturated carbocycles. The summed E-state index contributed by atoms with van der Waals surface area (Å²) < 4.78 is 8.76. The van der Waals surface area contributed by atoms with Gasteiger partial charge in [-0.15, -0.1) is 0 Å². The highest BCUT2D eigenvalue weighted by Crippen LogP contribution is 2.36. The zero-order valence-electron chi connectivity index (χ0n) is 20.4. The molecule has 1 aliphatic rings. The number of anilines is 1. The van der Waals surface area contributed by atoms with Crippen molar-refractivity contribution in [2.75, 3.05) is 12.8 Å². The number of carbonyl (C=O) groups excluding carboxylic acids is 2. The van der Waals surface area contributed by atoms with Gasteiger partial charge < -0.3 is 21.1 Å². The average molecular weight is 501 g/mol. The number of primary amides is 1. The number of rotatable bonds is 6. The van der Waals surface area contributed by atoms with Crippen LogP contribution in [-0.2, 0) is 0 Å². The van der Waals surface area contributed by atoms with Crippen molar-refractivity contribution >= 4 is 17.8 Å². The smallest absolute Gasteiger partial charge is 0.346 e. The number of ether oxygens (including phenoxy) is 1. The SMILES string of the molecule is CN(C(=O)n1cncn1)[C@@H]1CCC[C@H](n2nc(-c3ccc(Oc4ccccc4)cc3)c(C(N)=O)c2N)C1. The van der Waals surface area contributed by atoms with Crippen LogP contribution < -0.4 is 16.2 Å². The van der Waals surface area contributed by atoms with Crippen LogP contribution >= 0.6 is 0 Å². The van der Waals surface area contributed by atoms with Gasteiger partial charge in [0.1, 0.15) is 41.2 Å². The van der Waals surface area contributed by atoms with Gasteiger partial charge in [0.15, 0.2) is 0 Å². The predicted octanol–water partition coefficient (Wildman–Crippen LogP) is 3.70. The van der Waals surface area contributed by atoms with Crippen molar-refractivity contribution in [3.8, 4) is 22.8 Å². The Bertz CT molecular complexity index is 1380. The largest absolute Gasteiger partial charge is 0.457 e. The summed E-state index contributed by atoms with van der Waals surface area (Å²) in [6.45, 7) is 0. The van der Waals surface area contributed by atoms with Crippen LogP contribution in [0.5, 0.6) is 11.5 Å². The second kappa shape index (κ2) is 10.1. The summed E-state index contributed by atoms with van der Waals surface area (Å²) in [5, 5.41) is 8.68. The number of nitrogens with zero attached hydrogens (tertiary/aromatic N) is 6. The molecule has 1 aliphatic carbocycles. The molecule has 2 aromatic carbocycles. The molecule has 1 fully saturated rings. The van der Waals surface area contributed by atoms with E-state index in [2.05, 4.69) is 10.1 Å². The Balaban J connectivity index is 1.39. The molecule has 0 spiro atoms. The number of nitrogens with two attached hydrogens (primary N) is 2. The summed E-state index contributed by atoms with van der Waals surface area (Å²) >= 11 is 0. The van der Waals surface area contributed by atoms with Crippen LogP contribution in [0.3, 0.4) is 0 Å². The molecular weight excluding hydrogens is 472 g/mol. The molecule has 4 aromatic rings. The van der Waals surface area contributed by atoms with E-state index in [1.807, 2.05) is 54.6 Å². The fourth-order valence-electron chi connectivity index (χ4n) is 4.81. The molecule has 11 nitrogen and oxygen atoms in total. The predicted molar refractivity (Wildman–Crippen MR) is 137 cm³/mol. The van der Waals surface area contributed by atoms with Gasteiger partial charge >= 0.3 is 6.03 Å². The molecule has 0 unspecified atom stereocenters. The van der Waals surface area contributed by atoms with Gasteiger partial charge in [0.2, 0.25) is 0 Å². The molecule has 190 valence electrons. The molecule has 2 atom stereocenters. The Morgan fingerprint density at radius 1 is 1.05 bits per heavy atom. The first-order chi connectivity index (χ1) is 17.9. The van der Waals surface area contributed by atoms with Crippen LogP contribution in [-0.4, -0.2) is 54.5 Å². The summed E-state index contributed by atoms with van der Waals surface area (Å²) in [7, 11) is 1.75. The van der Waals surface area contributed by atoms with Crippen molar-refractivity contribution in [2.45, 2.75) is 37.8 Å². The number of aromatic nitrogens is 5. The van der Waals surface area contributed by atoms with E-state index in [0.29, 0.717) is 23.4 Å². The molecule has 0 saturated heterocycles. The van der Waals surface area contributed by atoms with Crippen molar-refractivity contribution < 1.29 is 14.3 Å². The van der Waals surface area contributed by atoms with Gasteiger partial charge in [-0.1, -0.05) is 18.2 Å². The van der Waals surface area contributed by atoms with Gasteiger partial charge in [-0.3, -0.25) is 4.79 Å². The lowest BCUT2D eigenvalue weighted by Gasteiger charge is -2.35. The molecule has 4 N–H and O–H groups in total. The minimum Gasteiger partial charge on any atom is -0.457 e. The molecule has 0 radical (unpaired) electrons. The fourth-order valence-corrected chi connectivity index (χ4v) is 4.81. The Kier molecular flexibility index (Phi) is 6.59. The van der Waals surface area contributed by atoms with Gasteiger partial charge in [-0.2, -0.15) is 14.9 Å². The second-order valence-electron chi connectivity index (χ2n) is 9.06. The summed E-state index contributed by atoms with van der Waals surface area (Å²) in [6.07, 6.45) is 5.86. The van der Waals surface area contributed by atoms with Crippen LogP contribution in [0.15, 0.2) is 67.3 Å². The van der Waals surface area contributed by atoms with Crippen LogP contribution in [0, 0.1) is 0 Å². The number of benzene rings is 2. The van der Waals surface area contributed by atoms with Gasteiger partial charge in [0.05, 0.1) is 6.04 Å². The molecule has 2 aromatic heterocycles. The second-order valence-corrected chi connectivity index (χ2v) is 9.06. The molecule has 2 amide bonds. The molecule has 0 bridgehead atoms. The molecule has 37 heavy (non-hydrogen) atoms. The van der Waals surface area contributed by atoms with Gasteiger partial charge in [-0.25, -0.2) is 14.5 Å². The van der Waals surface area contributed by atoms with Gasteiger partial charge in [-0.05, 0) is 62.1 Å². The normalized spacial score (nSPS) is 17.3. The van der Waals surface area contributed by atoms with E-state index >= 15 is 0 Å². The quantitative estimate of drug-likeness (QED) is 0.410. The topological polar surface area (TPSA) is 147 Å². The number of amides is 2. The molecular formula is C26H28N8O3. The highest BCUT2D eigenvalue weighted by Gasteiger charge is 2.32. The first kappa shape index (κ1) is 24.0. The van der Waals surface area contributed by atoms with Crippen LogP contribution in [0.2, 0.25) is 0 Å². The monoisotopic (exact) mass is 500 g/mol. The van der Waals surface area contributed by atoms with Crippen LogP contribution in [0.4, 0.5) is 10.6 Å². The number of carbonyl (C=O) groups is 2. The van der Waals surface area contributed by atoms with Crippen molar-refractivity contribution in [2.24, 2.45) is 5.73 Å². The Morgan fingerprint density at radius 3 is 2.46 bits per heavy atom. The third kappa shape index (κ3) is 4.88. The van der Waals surface area contributed by atoms with E-state index in [0.717, 1.165) is 25.0 Å². The Hall–Kier alpha value is -4.67. The van der Waals surface area contributed by atoms with Crippen molar-refractivity contribution in [3.63, 3.8) is 0 Å². The maximum atomic E-state index is 12.8. The highest BCUT2D eigenvalue weighted by molar-refractivity contribution is 6.03. The molecule has 0 aliphatic heterocycles. The lowest BCUT2D eigenvalue weighted by molar-refractivity contribution is 0.100. The summed E-state index contributed by atoms with van der Waals surface area (Å²) in [4.78, 5) is 30.7.